The lowest BCUT2D eigenvalue weighted by molar-refractivity contribution is 0.112. The molecule has 106 valence electrons. The maximum Gasteiger partial charge on any atom is 0.228 e. The lowest BCUT2D eigenvalue weighted by atomic mass is 10.3. The summed E-state index contributed by atoms with van der Waals surface area (Å²) in [5.41, 5.74) is 6.47. The van der Waals surface area contributed by atoms with E-state index in [2.05, 4.69) is 25.3 Å². The number of nitrogens with zero attached hydrogens (tertiary/aromatic N) is 4. The molecule has 0 saturated heterocycles. The van der Waals surface area contributed by atoms with Crippen molar-refractivity contribution >= 4 is 11.9 Å². The molecule has 0 aromatic carbocycles. The first kappa shape index (κ1) is 14.1. The number of nitrogen functional groups attached to an aromatic ring is 1. The fourth-order valence-corrected chi connectivity index (χ4v) is 1.65. The first-order chi connectivity index (χ1) is 9.63. The lowest BCUT2D eigenvalue weighted by Crippen LogP contribution is -2.23. The fraction of sp³-hybridized carbons (Fsp3) is 0.385. The second-order valence-corrected chi connectivity index (χ2v) is 4.45. The van der Waals surface area contributed by atoms with Crippen LogP contribution >= 0.6 is 0 Å². The molecular formula is C13H18N6O. The van der Waals surface area contributed by atoms with E-state index in [0.717, 1.165) is 5.69 Å². The van der Waals surface area contributed by atoms with Crippen molar-refractivity contribution in [2.45, 2.75) is 26.5 Å². The minimum Gasteiger partial charge on any atom is -0.373 e. The van der Waals surface area contributed by atoms with Crippen LogP contribution < -0.4 is 11.1 Å². The topological polar surface area (TPSA) is 98.8 Å². The summed E-state index contributed by atoms with van der Waals surface area (Å²) in [4.78, 5) is 16.3. The van der Waals surface area contributed by atoms with Gasteiger partial charge in [-0.3, -0.25) is 4.98 Å². The summed E-state index contributed by atoms with van der Waals surface area (Å²) >= 11 is 0. The summed E-state index contributed by atoms with van der Waals surface area (Å²) in [6, 6.07) is 5.79. The minimum absolute atomic E-state index is 0.0555. The van der Waals surface area contributed by atoms with Crippen molar-refractivity contribution in [3.8, 4) is 0 Å². The molecule has 2 aromatic rings. The molecule has 0 fully saturated rings. The van der Waals surface area contributed by atoms with Crippen molar-refractivity contribution in [2.75, 3.05) is 17.7 Å². The molecule has 2 aromatic heterocycles. The summed E-state index contributed by atoms with van der Waals surface area (Å²) in [5.74, 6) is 1.26. The molecule has 0 saturated carbocycles. The zero-order valence-corrected chi connectivity index (χ0v) is 11.6. The summed E-state index contributed by atoms with van der Waals surface area (Å²) in [6.45, 7) is 4.74. The van der Waals surface area contributed by atoms with Gasteiger partial charge >= 0.3 is 0 Å². The van der Waals surface area contributed by atoms with Crippen LogP contribution in [0.4, 0.5) is 11.9 Å². The van der Waals surface area contributed by atoms with E-state index in [1.54, 1.807) is 13.1 Å². The SMILES string of the molecule is Cc1nc(N)nc(NC(C)COCc2ccccn2)n1. The number of hydrogen-bond acceptors (Lipinski definition) is 7. The molecule has 2 rings (SSSR count). The Morgan fingerprint density at radius 1 is 1.30 bits per heavy atom. The van der Waals surface area contributed by atoms with Gasteiger partial charge in [0.2, 0.25) is 11.9 Å². The van der Waals surface area contributed by atoms with Gasteiger partial charge in [-0.2, -0.15) is 15.0 Å². The average Bonchev–Trinajstić information content (AvgIpc) is 2.38. The van der Waals surface area contributed by atoms with Gasteiger partial charge in [0.1, 0.15) is 5.82 Å². The highest BCUT2D eigenvalue weighted by Gasteiger charge is 2.06. The Balaban J connectivity index is 1.79. The Labute approximate surface area is 117 Å². The zero-order chi connectivity index (χ0) is 14.4. The molecule has 1 unspecified atom stereocenters. The van der Waals surface area contributed by atoms with Crippen LogP contribution in [0.25, 0.3) is 0 Å². The first-order valence-electron chi connectivity index (χ1n) is 6.36. The predicted molar refractivity (Wildman–Crippen MR) is 76.0 cm³/mol. The summed E-state index contributed by atoms with van der Waals surface area (Å²) in [5, 5.41) is 3.12. The van der Waals surface area contributed by atoms with E-state index < -0.39 is 0 Å². The van der Waals surface area contributed by atoms with E-state index in [4.69, 9.17) is 10.5 Å². The molecule has 7 nitrogen and oxygen atoms in total. The van der Waals surface area contributed by atoms with Crippen molar-refractivity contribution < 1.29 is 4.74 Å². The molecule has 7 heteroatoms. The van der Waals surface area contributed by atoms with Gasteiger partial charge in [-0.25, -0.2) is 0 Å². The van der Waals surface area contributed by atoms with Crippen molar-refractivity contribution in [2.24, 2.45) is 0 Å². The third kappa shape index (κ3) is 4.43. The van der Waals surface area contributed by atoms with Gasteiger partial charge < -0.3 is 15.8 Å². The number of anilines is 2. The van der Waals surface area contributed by atoms with E-state index in [0.29, 0.717) is 25.0 Å². The van der Waals surface area contributed by atoms with E-state index in [1.807, 2.05) is 25.1 Å². The monoisotopic (exact) mass is 274 g/mol. The number of hydrogen-bond donors (Lipinski definition) is 2. The van der Waals surface area contributed by atoms with Gasteiger partial charge in [0, 0.05) is 12.2 Å². The van der Waals surface area contributed by atoms with Crippen molar-refractivity contribution in [3.63, 3.8) is 0 Å². The van der Waals surface area contributed by atoms with Crippen LogP contribution in [-0.2, 0) is 11.3 Å². The van der Waals surface area contributed by atoms with Gasteiger partial charge in [-0.05, 0) is 26.0 Å². The molecule has 0 aliphatic heterocycles. The maximum atomic E-state index is 5.59. The van der Waals surface area contributed by atoms with Crippen molar-refractivity contribution in [1.29, 1.82) is 0 Å². The average molecular weight is 274 g/mol. The smallest absolute Gasteiger partial charge is 0.228 e. The molecule has 1 atom stereocenters. The standard InChI is InChI=1S/C13H18N6O/c1-9(7-20-8-11-5-3-4-6-15-11)16-13-18-10(2)17-12(14)19-13/h3-6,9H,7-8H2,1-2H3,(H3,14,16,17,18,19). The van der Waals surface area contributed by atoms with Crippen molar-refractivity contribution in [3.05, 3.63) is 35.9 Å². The number of ether oxygens (including phenoxy) is 1. The van der Waals surface area contributed by atoms with Gasteiger partial charge in [0.15, 0.2) is 0 Å². The number of rotatable bonds is 6. The predicted octanol–water partition coefficient (Wildman–Crippen LogP) is 1.17. The van der Waals surface area contributed by atoms with Crippen molar-refractivity contribution in [1.82, 2.24) is 19.9 Å². The Morgan fingerprint density at radius 3 is 2.85 bits per heavy atom. The number of aryl methyl sites for hydroxylation is 1. The third-order valence-corrected chi connectivity index (χ3v) is 2.48. The number of nitrogens with two attached hydrogens (primary N) is 1. The highest BCUT2D eigenvalue weighted by molar-refractivity contribution is 5.31. The van der Waals surface area contributed by atoms with Crippen LogP contribution in [0, 0.1) is 6.92 Å². The minimum atomic E-state index is 0.0555. The lowest BCUT2D eigenvalue weighted by Gasteiger charge is -2.14. The Kier molecular flexibility index (Phi) is 4.78. The Bertz CT molecular complexity index is 528. The van der Waals surface area contributed by atoms with Gasteiger partial charge in [0.05, 0.1) is 18.9 Å². The normalized spacial score (nSPS) is 12.1. The molecule has 3 N–H and O–H groups in total. The van der Waals surface area contributed by atoms with Crippen LogP contribution in [0.3, 0.4) is 0 Å². The first-order valence-corrected chi connectivity index (χ1v) is 6.36. The number of pyridine rings is 1. The quantitative estimate of drug-likeness (QED) is 0.815. The molecular weight excluding hydrogens is 256 g/mol. The molecule has 0 aliphatic carbocycles. The summed E-state index contributed by atoms with van der Waals surface area (Å²) in [6.07, 6.45) is 1.75. The van der Waals surface area contributed by atoms with Crippen LogP contribution in [0.1, 0.15) is 18.4 Å². The van der Waals surface area contributed by atoms with Crippen LogP contribution in [0.5, 0.6) is 0 Å². The van der Waals surface area contributed by atoms with Gasteiger partial charge in [0.25, 0.3) is 0 Å². The van der Waals surface area contributed by atoms with E-state index >= 15 is 0 Å². The molecule has 0 spiro atoms. The molecule has 2 heterocycles. The van der Waals surface area contributed by atoms with Crippen LogP contribution in [-0.4, -0.2) is 32.6 Å². The van der Waals surface area contributed by atoms with Crippen LogP contribution in [0.2, 0.25) is 0 Å². The Morgan fingerprint density at radius 2 is 2.15 bits per heavy atom. The van der Waals surface area contributed by atoms with Gasteiger partial charge in [-0.15, -0.1) is 0 Å². The molecule has 0 amide bonds. The number of nitrogens with one attached hydrogen (secondary N) is 1. The highest BCUT2D eigenvalue weighted by atomic mass is 16.5. The highest BCUT2D eigenvalue weighted by Crippen LogP contribution is 2.04. The second-order valence-electron chi connectivity index (χ2n) is 4.45. The molecule has 0 bridgehead atoms. The molecule has 0 aliphatic rings. The fourth-order valence-electron chi connectivity index (χ4n) is 1.65. The third-order valence-electron chi connectivity index (χ3n) is 2.48. The Hall–Kier alpha value is -2.28. The van der Waals surface area contributed by atoms with E-state index in [-0.39, 0.29) is 12.0 Å². The zero-order valence-electron chi connectivity index (χ0n) is 11.6. The molecule has 20 heavy (non-hydrogen) atoms. The second kappa shape index (κ2) is 6.76. The van der Waals surface area contributed by atoms with E-state index in [9.17, 15) is 0 Å². The molecule has 0 radical (unpaired) electrons. The van der Waals surface area contributed by atoms with Gasteiger partial charge in [-0.1, -0.05) is 6.07 Å². The summed E-state index contributed by atoms with van der Waals surface area (Å²) < 4.78 is 5.59. The largest absolute Gasteiger partial charge is 0.373 e. The van der Waals surface area contributed by atoms with Crippen LogP contribution in [0.15, 0.2) is 24.4 Å². The number of aromatic nitrogens is 4. The van der Waals surface area contributed by atoms with E-state index in [1.165, 1.54) is 0 Å². The maximum absolute atomic E-state index is 5.59. The summed E-state index contributed by atoms with van der Waals surface area (Å²) in [7, 11) is 0.